The van der Waals surface area contributed by atoms with Crippen LogP contribution in [0, 0.1) is 7.65 Å². The highest BCUT2D eigenvalue weighted by molar-refractivity contribution is 8.37. The van der Waals surface area contributed by atoms with Crippen LogP contribution in [0.3, 0.4) is 0 Å². The molecule has 0 aromatic carbocycles. The third-order valence-corrected chi connectivity index (χ3v) is 15.1. The van der Waals surface area contributed by atoms with Gasteiger partial charge >= 0.3 is 23.9 Å². The number of unbranched alkanes of at least 4 members (excludes halogenated alkanes) is 15. The van der Waals surface area contributed by atoms with Gasteiger partial charge in [0.1, 0.15) is 27.3 Å². The summed E-state index contributed by atoms with van der Waals surface area (Å²) in [7, 11) is 5.02. The van der Waals surface area contributed by atoms with Crippen LogP contribution in [-0.4, -0.2) is 56.9 Å². The molecule has 1 aromatic heterocycles. The first kappa shape index (κ1) is 44.8. The Morgan fingerprint density at radius 2 is 0.750 bits per heavy atom. The van der Waals surface area contributed by atoms with Crippen molar-refractivity contribution in [3.05, 3.63) is 38.0 Å². The number of methoxy groups -OCH3 is 4. The number of carbonyl (C=O) groups is 4. The summed E-state index contributed by atoms with van der Waals surface area (Å²) in [4.78, 5) is 51.4. The average Bonchev–Trinajstić information content (AvgIpc) is 3.79. The van der Waals surface area contributed by atoms with Crippen LogP contribution in [0.5, 0.6) is 0 Å². The summed E-state index contributed by atoms with van der Waals surface area (Å²) >= 11 is 17.4. The molecule has 0 atom stereocenters. The molecule has 0 unspecified atom stereocenters. The lowest BCUT2D eigenvalue weighted by Crippen LogP contribution is -2.35. The molecule has 0 fully saturated rings. The molecular formula is C36H49NO8S7. The Hall–Kier alpha value is -1.56. The van der Waals surface area contributed by atoms with E-state index in [1.165, 1.54) is 117 Å². The van der Waals surface area contributed by atoms with Gasteiger partial charge in [0, 0.05) is 6.54 Å². The number of hydrogen-bond donors (Lipinski definition) is 0. The van der Waals surface area contributed by atoms with Crippen molar-refractivity contribution in [2.75, 3.05) is 28.4 Å². The molecule has 1 aromatic rings. The normalized spacial score (nSPS) is 14.3. The van der Waals surface area contributed by atoms with E-state index in [0.717, 1.165) is 72.7 Å². The smallest absolute Gasteiger partial charge is 0.346 e. The fourth-order valence-corrected chi connectivity index (χ4v) is 13.2. The molecule has 0 radical (unpaired) electrons. The zero-order valence-electron chi connectivity index (χ0n) is 30.6. The van der Waals surface area contributed by atoms with E-state index in [2.05, 4.69) is 6.92 Å². The molecule has 0 N–H and O–H groups in total. The van der Waals surface area contributed by atoms with Gasteiger partial charge < -0.3 is 23.5 Å². The molecule has 0 saturated carbocycles. The minimum atomic E-state index is -0.655. The molecule has 288 valence electrons. The number of aromatic nitrogens is 1. The van der Waals surface area contributed by atoms with E-state index >= 15 is 0 Å². The van der Waals surface area contributed by atoms with Crippen LogP contribution in [-0.2, 0) is 44.7 Å². The maximum atomic E-state index is 12.7. The molecule has 3 rings (SSSR count). The zero-order valence-corrected chi connectivity index (χ0v) is 36.3. The first-order valence-electron chi connectivity index (χ1n) is 17.7. The summed E-state index contributed by atoms with van der Waals surface area (Å²) in [5, 5.41) is 1.25. The van der Waals surface area contributed by atoms with Gasteiger partial charge in [0.25, 0.3) is 0 Å². The topological polar surface area (TPSA) is 110 Å². The molecule has 2 aliphatic heterocycles. The maximum absolute atomic E-state index is 12.7. The lowest BCUT2D eigenvalue weighted by molar-refractivity contribution is -0.138. The van der Waals surface area contributed by atoms with Gasteiger partial charge in [0.2, 0.25) is 0 Å². The minimum Gasteiger partial charge on any atom is -0.465 e. The predicted molar refractivity (Wildman–Crippen MR) is 222 cm³/mol. The van der Waals surface area contributed by atoms with Crippen molar-refractivity contribution in [1.29, 1.82) is 0 Å². The van der Waals surface area contributed by atoms with E-state index in [-0.39, 0.29) is 19.6 Å². The van der Waals surface area contributed by atoms with Crippen molar-refractivity contribution < 1.29 is 38.1 Å². The number of thioether (sulfide) groups is 4. The lowest BCUT2D eigenvalue weighted by Gasteiger charge is -2.13. The summed E-state index contributed by atoms with van der Waals surface area (Å²) in [5.41, 5.74) is 0. The number of carbonyl (C=O) groups excluding carboxylic acids is 4. The molecule has 3 heterocycles. The molecule has 0 bridgehead atoms. The van der Waals surface area contributed by atoms with E-state index in [1.54, 1.807) is 0 Å². The predicted octanol–water partition coefficient (Wildman–Crippen LogP) is 9.48. The molecule has 2 aliphatic rings. The van der Waals surface area contributed by atoms with Gasteiger partial charge in [-0.3, -0.25) is 0 Å². The Labute approximate surface area is 338 Å². The quantitative estimate of drug-likeness (QED) is 0.0507. The largest absolute Gasteiger partial charge is 0.465 e. The fraction of sp³-hybridized carbons (Fsp3) is 0.611. The number of hydrogen-bond acceptors (Lipinski definition) is 15. The number of ether oxygens (including phenoxy) is 4. The molecule has 0 amide bonds. The summed E-state index contributed by atoms with van der Waals surface area (Å²) in [6.07, 6.45) is 20.0. The number of esters is 4. The van der Waals surface area contributed by atoms with Crippen LogP contribution in [0.4, 0.5) is 0 Å². The second kappa shape index (κ2) is 24.1. The summed E-state index contributed by atoms with van der Waals surface area (Å²) in [6.45, 7) is 2.79. The Morgan fingerprint density at radius 1 is 0.481 bits per heavy atom. The van der Waals surface area contributed by atoms with E-state index in [1.807, 2.05) is 4.57 Å². The van der Waals surface area contributed by atoms with Crippen LogP contribution < -0.4 is 10.7 Å². The SMILES string of the molecule is CCCCCCCCCCCCCCCCCCn1c(=C2SC(C(=O)OC)=C(C(=O)OC)S2)c(=S)sc(=S)c1=C1SC(C(=O)OC)=C(C(=O)OC)S1. The molecule has 52 heavy (non-hydrogen) atoms. The van der Waals surface area contributed by atoms with Gasteiger partial charge in [-0.15, -0.1) is 11.3 Å². The monoisotopic (exact) mass is 847 g/mol. The molecule has 0 spiro atoms. The third kappa shape index (κ3) is 12.8. The van der Waals surface area contributed by atoms with Gasteiger partial charge in [-0.05, 0) is 6.42 Å². The standard InChI is InChI=1S/C36H49NO8S7/c1-6-7-8-9-10-11-12-13-14-15-16-17-18-19-20-21-22-37-23(35-48-25(29(38)42-2)26(49-35)30(39)43-3)33(46)52-34(47)24(37)36-50-27(31(40)44-4)28(51-36)32(41)45-5/h6-22H2,1-5H3. The van der Waals surface area contributed by atoms with Crippen LogP contribution in [0.1, 0.15) is 110 Å². The van der Waals surface area contributed by atoms with E-state index in [4.69, 9.17) is 43.4 Å². The molecule has 0 saturated heterocycles. The van der Waals surface area contributed by atoms with Crippen LogP contribution in [0.15, 0.2) is 19.6 Å². The molecule has 0 aliphatic carbocycles. The molecular weight excluding hydrogens is 799 g/mol. The Balaban J connectivity index is 1.83. The second-order valence-corrected chi connectivity index (χ2v) is 19.0. The van der Waals surface area contributed by atoms with Crippen LogP contribution >= 0.6 is 82.8 Å². The lowest BCUT2D eigenvalue weighted by atomic mass is 10.0. The number of nitrogens with zero attached hydrogens (tertiary/aromatic N) is 1. The van der Waals surface area contributed by atoms with Crippen molar-refractivity contribution >= 4 is 115 Å². The fourth-order valence-electron chi connectivity index (χ4n) is 5.64. The molecule has 16 heteroatoms. The summed E-state index contributed by atoms with van der Waals surface area (Å²) in [5.74, 6) is -2.62. The maximum Gasteiger partial charge on any atom is 0.346 e. The Morgan fingerprint density at radius 3 is 1.02 bits per heavy atom. The summed E-state index contributed by atoms with van der Waals surface area (Å²) in [6, 6.07) is 0. The van der Waals surface area contributed by atoms with Crippen molar-refractivity contribution in [3.8, 4) is 0 Å². The van der Waals surface area contributed by atoms with Crippen LogP contribution in [0.2, 0.25) is 0 Å². The van der Waals surface area contributed by atoms with Gasteiger partial charge in [-0.1, -0.05) is 175 Å². The van der Waals surface area contributed by atoms with Gasteiger partial charge in [-0.25, -0.2) is 19.2 Å². The van der Waals surface area contributed by atoms with Crippen molar-refractivity contribution in [2.24, 2.45) is 0 Å². The summed E-state index contributed by atoms with van der Waals surface area (Å²) < 4.78 is 24.1. The molecule has 9 nitrogen and oxygen atoms in total. The Kier molecular flexibility index (Phi) is 20.7. The third-order valence-electron chi connectivity index (χ3n) is 8.41. The zero-order chi connectivity index (χ0) is 38.0. The first-order valence-corrected chi connectivity index (χ1v) is 22.6. The van der Waals surface area contributed by atoms with Crippen molar-refractivity contribution in [1.82, 2.24) is 4.57 Å². The van der Waals surface area contributed by atoms with E-state index in [0.29, 0.717) is 33.4 Å². The Bertz CT molecular complexity index is 1600. The van der Waals surface area contributed by atoms with Gasteiger partial charge in [-0.2, -0.15) is 0 Å². The van der Waals surface area contributed by atoms with Crippen LogP contribution in [0.25, 0.3) is 8.47 Å². The first-order chi connectivity index (χ1) is 25.1. The van der Waals surface area contributed by atoms with Gasteiger partial charge in [0.15, 0.2) is 0 Å². The highest BCUT2D eigenvalue weighted by Gasteiger charge is 2.35. The van der Waals surface area contributed by atoms with Crippen molar-refractivity contribution in [2.45, 2.75) is 116 Å². The second-order valence-electron chi connectivity index (χ2n) is 12.1. The van der Waals surface area contributed by atoms with E-state index < -0.39 is 23.9 Å². The van der Waals surface area contributed by atoms with Gasteiger partial charge in [0.05, 0.1) is 47.6 Å². The van der Waals surface area contributed by atoms with E-state index in [9.17, 15) is 19.2 Å². The minimum absolute atomic E-state index is 0.117. The van der Waals surface area contributed by atoms with Crippen molar-refractivity contribution in [3.63, 3.8) is 0 Å². The number of rotatable bonds is 21. The average molecular weight is 848 g/mol. The highest BCUT2D eigenvalue weighted by atomic mass is 32.2. The highest BCUT2D eigenvalue weighted by Crippen LogP contribution is 2.52.